The van der Waals surface area contributed by atoms with Gasteiger partial charge in [0.1, 0.15) is 0 Å². The van der Waals surface area contributed by atoms with Crippen LogP contribution in [0, 0.1) is 5.92 Å². The Bertz CT molecular complexity index is 1400. The Balaban J connectivity index is 1.58. The van der Waals surface area contributed by atoms with Crippen LogP contribution in [0.4, 0.5) is 0 Å². The molecule has 2 N–H and O–H groups in total. The minimum absolute atomic E-state index is 0.142. The average Bonchev–Trinajstić information content (AvgIpc) is 3.18. The van der Waals surface area contributed by atoms with Crippen molar-refractivity contribution in [2.75, 3.05) is 13.1 Å². The number of rotatable bonds is 7. The lowest BCUT2D eigenvalue weighted by Crippen LogP contribution is -2.34. The van der Waals surface area contributed by atoms with Crippen LogP contribution in [-0.2, 0) is 24.5 Å². The van der Waals surface area contributed by atoms with Crippen LogP contribution in [0.3, 0.4) is 0 Å². The monoisotopic (exact) mass is 478 g/mol. The molecule has 1 saturated heterocycles. The van der Waals surface area contributed by atoms with Gasteiger partial charge in [0.2, 0.25) is 0 Å². The summed E-state index contributed by atoms with van der Waals surface area (Å²) in [6, 6.07) is 18.5. The molecule has 3 heterocycles. The van der Waals surface area contributed by atoms with Crippen molar-refractivity contribution in [3.8, 4) is 5.69 Å². The van der Waals surface area contributed by atoms with E-state index in [4.69, 9.17) is 16.3 Å². The molecule has 1 aliphatic rings. The summed E-state index contributed by atoms with van der Waals surface area (Å²) in [5.74, 6) is 0.369. The Labute approximate surface area is 201 Å². The SMILES string of the molecule is O=c1c2c(COCc3ccccc3)n(CC3CCNCC3)c(=O)cc2[nH]n1-c1ccccc1Cl. The van der Waals surface area contributed by atoms with E-state index in [0.29, 0.717) is 46.4 Å². The minimum atomic E-state index is -0.250. The van der Waals surface area contributed by atoms with Crippen LogP contribution in [0.2, 0.25) is 5.02 Å². The van der Waals surface area contributed by atoms with Crippen molar-refractivity contribution >= 4 is 22.5 Å². The third kappa shape index (κ3) is 4.59. The largest absolute Gasteiger partial charge is 0.371 e. The molecule has 2 aromatic carbocycles. The molecule has 0 saturated carbocycles. The van der Waals surface area contributed by atoms with E-state index in [9.17, 15) is 9.59 Å². The van der Waals surface area contributed by atoms with Gasteiger partial charge >= 0.3 is 0 Å². The van der Waals surface area contributed by atoms with Crippen molar-refractivity contribution < 1.29 is 4.74 Å². The number of aromatic nitrogens is 3. The standard InChI is InChI=1S/C26H27ClN4O3/c27-20-8-4-5-9-22(20)31-26(33)25-21(29-31)14-24(32)30(15-18-10-12-28-13-11-18)23(25)17-34-16-19-6-2-1-3-7-19/h1-9,14,18,28-29H,10-13,15-17H2. The molecule has 0 atom stereocenters. The van der Waals surface area contributed by atoms with Crippen molar-refractivity contribution in [3.05, 3.63) is 97.7 Å². The fourth-order valence-electron chi connectivity index (χ4n) is 4.62. The molecule has 7 nitrogen and oxygen atoms in total. The molecule has 2 aromatic heterocycles. The molecule has 0 amide bonds. The molecule has 1 aliphatic heterocycles. The number of hydrogen-bond donors (Lipinski definition) is 2. The molecule has 0 aliphatic carbocycles. The fraction of sp³-hybridized carbons (Fsp3) is 0.308. The highest BCUT2D eigenvalue weighted by molar-refractivity contribution is 6.32. The van der Waals surface area contributed by atoms with Crippen molar-refractivity contribution in [2.24, 2.45) is 5.92 Å². The van der Waals surface area contributed by atoms with Gasteiger partial charge in [-0.05, 0) is 49.5 Å². The van der Waals surface area contributed by atoms with Crippen molar-refractivity contribution in [1.29, 1.82) is 0 Å². The smallest absolute Gasteiger partial charge is 0.281 e. The highest BCUT2D eigenvalue weighted by atomic mass is 35.5. The number of H-pyrrole nitrogens is 1. The molecule has 8 heteroatoms. The van der Waals surface area contributed by atoms with E-state index < -0.39 is 0 Å². The summed E-state index contributed by atoms with van der Waals surface area (Å²) in [6.07, 6.45) is 1.98. The van der Waals surface area contributed by atoms with Crippen LogP contribution in [0.25, 0.3) is 16.6 Å². The molecule has 0 bridgehead atoms. The van der Waals surface area contributed by atoms with Gasteiger partial charge in [0.05, 0.1) is 40.5 Å². The molecule has 1 fully saturated rings. The van der Waals surface area contributed by atoms with Gasteiger partial charge in [-0.2, -0.15) is 0 Å². The molecule has 5 rings (SSSR count). The second-order valence-corrected chi connectivity index (χ2v) is 9.11. The molecule has 176 valence electrons. The predicted octanol–water partition coefficient (Wildman–Crippen LogP) is 3.85. The van der Waals surface area contributed by atoms with Gasteiger partial charge in [0, 0.05) is 12.6 Å². The molecule has 0 radical (unpaired) electrons. The minimum Gasteiger partial charge on any atom is -0.371 e. The highest BCUT2D eigenvalue weighted by Crippen LogP contribution is 2.22. The summed E-state index contributed by atoms with van der Waals surface area (Å²) in [6.45, 7) is 2.98. The fourth-order valence-corrected chi connectivity index (χ4v) is 4.84. The van der Waals surface area contributed by atoms with Crippen LogP contribution < -0.4 is 16.4 Å². The maximum Gasteiger partial charge on any atom is 0.281 e. The van der Waals surface area contributed by atoms with Gasteiger partial charge in [-0.15, -0.1) is 0 Å². The first-order valence-corrected chi connectivity index (χ1v) is 11.9. The average molecular weight is 479 g/mol. The second-order valence-electron chi connectivity index (χ2n) is 8.70. The summed E-state index contributed by atoms with van der Waals surface area (Å²) < 4.78 is 9.17. The maximum atomic E-state index is 13.6. The van der Waals surface area contributed by atoms with Crippen molar-refractivity contribution in [2.45, 2.75) is 32.6 Å². The third-order valence-corrected chi connectivity index (χ3v) is 6.73. The predicted molar refractivity (Wildman–Crippen MR) is 134 cm³/mol. The number of fused-ring (bicyclic) bond motifs is 1. The Hall–Kier alpha value is -3.13. The topological polar surface area (TPSA) is 81.1 Å². The number of nitrogens with zero attached hydrogens (tertiary/aromatic N) is 2. The summed E-state index contributed by atoms with van der Waals surface area (Å²) in [5, 5.41) is 7.35. The van der Waals surface area contributed by atoms with Crippen LogP contribution in [0.15, 0.2) is 70.3 Å². The van der Waals surface area contributed by atoms with E-state index in [1.165, 1.54) is 10.7 Å². The normalized spacial score (nSPS) is 14.6. The second kappa shape index (κ2) is 10.0. The van der Waals surface area contributed by atoms with Crippen LogP contribution in [0.5, 0.6) is 0 Å². The number of nitrogens with one attached hydrogen (secondary N) is 2. The van der Waals surface area contributed by atoms with E-state index >= 15 is 0 Å². The van der Waals surface area contributed by atoms with Crippen LogP contribution in [0.1, 0.15) is 24.1 Å². The van der Waals surface area contributed by atoms with E-state index in [0.717, 1.165) is 31.5 Å². The number of ether oxygens (including phenoxy) is 1. The van der Waals surface area contributed by atoms with Gasteiger partial charge < -0.3 is 14.6 Å². The Morgan fingerprint density at radius 2 is 1.71 bits per heavy atom. The number of halogens is 1. The number of aromatic amines is 1. The first-order chi connectivity index (χ1) is 16.6. The molecular weight excluding hydrogens is 452 g/mol. The van der Waals surface area contributed by atoms with Crippen LogP contribution >= 0.6 is 11.6 Å². The number of pyridine rings is 1. The van der Waals surface area contributed by atoms with E-state index in [1.54, 1.807) is 16.7 Å². The third-order valence-electron chi connectivity index (χ3n) is 6.41. The lowest BCUT2D eigenvalue weighted by molar-refractivity contribution is 0.101. The van der Waals surface area contributed by atoms with Gasteiger partial charge in [0.25, 0.3) is 11.1 Å². The first-order valence-electron chi connectivity index (χ1n) is 11.6. The first kappa shape index (κ1) is 22.7. The quantitative estimate of drug-likeness (QED) is 0.423. The summed E-state index contributed by atoms with van der Waals surface area (Å²) in [5.41, 5.74) is 2.26. The van der Waals surface area contributed by atoms with Crippen molar-refractivity contribution in [3.63, 3.8) is 0 Å². The molecule has 0 spiro atoms. The van der Waals surface area contributed by atoms with Gasteiger partial charge in [0.15, 0.2) is 0 Å². The Kier molecular flexibility index (Phi) is 6.67. The lowest BCUT2D eigenvalue weighted by Gasteiger charge is -2.25. The zero-order chi connectivity index (χ0) is 23.5. The molecule has 4 aromatic rings. The summed E-state index contributed by atoms with van der Waals surface area (Å²) in [4.78, 5) is 26.8. The number of benzene rings is 2. The van der Waals surface area contributed by atoms with Gasteiger partial charge in [-0.25, -0.2) is 4.68 Å². The molecule has 34 heavy (non-hydrogen) atoms. The van der Waals surface area contributed by atoms with E-state index in [2.05, 4.69) is 10.4 Å². The van der Waals surface area contributed by atoms with Gasteiger partial charge in [-0.1, -0.05) is 54.1 Å². The Morgan fingerprint density at radius 3 is 2.47 bits per heavy atom. The number of hydrogen-bond acceptors (Lipinski definition) is 4. The maximum absolute atomic E-state index is 13.6. The molecule has 0 unspecified atom stereocenters. The van der Waals surface area contributed by atoms with E-state index in [-0.39, 0.29) is 17.7 Å². The van der Waals surface area contributed by atoms with E-state index in [1.807, 2.05) is 42.5 Å². The number of para-hydroxylation sites is 1. The van der Waals surface area contributed by atoms with Crippen LogP contribution in [-0.4, -0.2) is 27.4 Å². The lowest BCUT2D eigenvalue weighted by atomic mass is 9.98. The molecular formula is C26H27ClN4O3. The Morgan fingerprint density at radius 1 is 0.971 bits per heavy atom. The summed E-state index contributed by atoms with van der Waals surface area (Å²) in [7, 11) is 0. The van der Waals surface area contributed by atoms with Gasteiger partial charge in [-0.3, -0.25) is 14.7 Å². The number of piperidine rings is 1. The zero-order valence-electron chi connectivity index (χ0n) is 18.8. The highest BCUT2D eigenvalue weighted by Gasteiger charge is 2.22. The zero-order valence-corrected chi connectivity index (χ0v) is 19.6. The summed E-state index contributed by atoms with van der Waals surface area (Å²) >= 11 is 6.36. The van der Waals surface area contributed by atoms with Crippen molar-refractivity contribution in [1.82, 2.24) is 19.7 Å².